The van der Waals surface area contributed by atoms with Crippen molar-refractivity contribution in [3.05, 3.63) is 176 Å². The predicted octanol–water partition coefficient (Wildman–Crippen LogP) is 12.1. The summed E-state index contributed by atoms with van der Waals surface area (Å²) in [6.45, 7) is 0. The highest BCUT2D eigenvalue weighted by molar-refractivity contribution is 7.79. The molecule has 2 unspecified atom stereocenters. The normalized spacial score (nSPS) is 18.6. The molecule has 2 atom stereocenters. The van der Waals surface area contributed by atoms with Gasteiger partial charge in [0.25, 0.3) is 0 Å². The average molecular weight is 694 g/mol. The van der Waals surface area contributed by atoms with Crippen molar-refractivity contribution in [3.8, 4) is 28.7 Å². The summed E-state index contributed by atoms with van der Waals surface area (Å²) in [4.78, 5) is 0. The molecule has 1 aliphatic heterocycles. The van der Waals surface area contributed by atoms with E-state index in [0.717, 1.165) is 12.8 Å². The molecule has 0 N–H and O–H groups in total. The molecule has 7 rings (SSSR count). The second kappa shape index (κ2) is 14.3. The van der Waals surface area contributed by atoms with E-state index in [1.54, 1.807) is 54.6 Å². The first-order valence-corrected chi connectivity index (χ1v) is 19.7. The number of hydrogen-bond donors (Lipinski definition) is 0. The Bertz CT molecular complexity index is 1880. The van der Waals surface area contributed by atoms with Crippen molar-refractivity contribution in [2.75, 3.05) is 0 Å². The van der Waals surface area contributed by atoms with Crippen LogP contribution in [-0.2, 0) is 4.52 Å². The lowest BCUT2D eigenvalue weighted by molar-refractivity contribution is 0.396. The van der Waals surface area contributed by atoms with E-state index in [1.807, 2.05) is 103 Å². The van der Waals surface area contributed by atoms with Crippen LogP contribution in [0.3, 0.4) is 0 Å². The quantitative estimate of drug-likeness (QED) is 0.121. The summed E-state index contributed by atoms with van der Waals surface area (Å²) in [5.74, 6) is 2.78. The van der Waals surface area contributed by atoms with Crippen LogP contribution >= 0.6 is 23.0 Å². The molecule has 2 aliphatic rings. The van der Waals surface area contributed by atoms with Crippen LogP contribution in [0.25, 0.3) is 0 Å². The van der Waals surface area contributed by atoms with E-state index in [-0.39, 0.29) is 0 Å². The SMILES string of the molecule is c1ccc(OP2(Oc3ccccc3)=NP(Oc3ccccc3)(Oc3ccccc3)=NP(OC3=CCCC=C3)(Oc3ccccc3)=N2)cc#1. The van der Waals surface area contributed by atoms with Crippen molar-refractivity contribution in [2.45, 2.75) is 12.8 Å². The van der Waals surface area contributed by atoms with Crippen molar-refractivity contribution in [3.63, 3.8) is 0 Å². The van der Waals surface area contributed by atoms with Crippen molar-refractivity contribution in [2.24, 2.45) is 13.5 Å². The smallest absolute Gasteiger partial charge is 0.414 e. The number of nitrogens with zero attached hydrogens (tertiary/aromatic N) is 3. The molecule has 0 saturated carbocycles. The van der Waals surface area contributed by atoms with E-state index >= 15 is 0 Å². The van der Waals surface area contributed by atoms with Gasteiger partial charge in [0.1, 0.15) is 34.5 Å². The lowest BCUT2D eigenvalue weighted by Crippen LogP contribution is -2.10. The molecule has 5 aromatic carbocycles. The Morgan fingerprint density at radius 3 is 1.23 bits per heavy atom. The highest BCUT2D eigenvalue weighted by atomic mass is 31.3. The standard InChI is InChI=1S/C36H30N3O6P3/c1-7-19-31(20-8-1)40-46(41-32-21-9-2-10-22-32)37-47(42-33-23-11-3-12-24-33,43-34-25-13-4-14-26-34)39-48(38-46,44-35-27-15-5-16-28-35)45-36-29-17-6-18-30-36/h1-3,5,7-13,15-17,19-30H,4,14H2. The van der Waals surface area contributed by atoms with Gasteiger partial charge in [-0.15, -0.1) is 0 Å². The lowest BCUT2D eigenvalue weighted by Gasteiger charge is -2.33. The van der Waals surface area contributed by atoms with Crippen LogP contribution in [-0.4, -0.2) is 0 Å². The van der Waals surface area contributed by atoms with E-state index in [0.29, 0.717) is 34.5 Å². The van der Waals surface area contributed by atoms with Gasteiger partial charge in [-0.3, -0.25) is 0 Å². The molecular weight excluding hydrogens is 663 g/mol. The number of rotatable bonds is 12. The molecule has 0 fully saturated rings. The summed E-state index contributed by atoms with van der Waals surface area (Å²) in [7, 11) is -11.6. The largest absolute Gasteiger partial charge is 0.460 e. The highest BCUT2D eigenvalue weighted by Gasteiger charge is 2.49. The van der Waals surface area contributed by atoms with Gasteiger partial charge in [0, 0.05) is 6.07 Å². The van der Waals surface area contributed by atoms with Crippen molar-refractivity contribution < 1.29 is 27.1 Å². The Morgan fingerprint density at radius 2 is 0.854 bits per heavy atom. The summed E-state index contributed by atoms with van der Waals surface area (Å²) >= 11 is 0. The van der Waals surface area contributed by atoms with Gasteiger partial charge in [0.15, 0.2) is 0 Å². The van der Waals surface area contributed by atoms with Gasteiger partial charge in [0.05, 0.1) is 0 Å². The van der Waals surface area contributed by atoms with Crippen molar-refractivity contribution in [1.29, 1.82) is 0 Å². The maximum Gasteiger partial charge on any atom is 0.460 e. The topological polar surface area (TPSA) is 92.5 Å². The van der Waals surface area contributed by atoms with E-state index in [4.69, 9.17) is 40.7 Å². The third-order valence-corrected chi connectivity index (χ3v) is 14.7. The van der Waals surface area contributed by atoms with Gasteiger partial charge >= 0.3 is 23.0 Å². The van der Waals surface area contributed by atoms with Crippen LogP contribution in [0.2, 0.25) is 0 Å². The van der Waals surface area contributed by atoms with Crippen LogP contribution in [0.4, 0.5) is 0 Å². The zero-order chi connectivity index (χ0) is 32.5. The Kier molecular flexibility index (Phi) is 9.41. The van der Waals surface area contributed by atoms with Gasteiger partial charge in [-0.05, 0) is 85.7 Å². The Labute approximate surface area is 280 Å². The fraction of sp³-hybridized carbons (Fsp3) is 0.0556. The molecule has 240 valence electrons. The van der Waals surface area contributed by atoms with E-state index < -0.39 is 23.0 Å². The first kappa shape index (κ1) is 31.5. The van der Waals surface area contributed by atoms with Crippen molar-refractivity contribution in [1.82, 2.24) is 0 Å². The molecule has 0 amide bonds. The lowest BCUT2D eigenvalue weighted by atomic mass is 10.2. The van der Waals surface area contributed by atoms with Crippen LogP contribution in [0.15, 0.2) is 177 Å². The molecule has 5 aromatic rings. The molecule has 48 heavy (non-hydrogen) atoms. The Morgan fingerprint density at radius 1 is 0.438 bits per heavy atom. The number of allylic oxidation sites excluding steroid dienone is 3. The van der Waals surface area contributed by atoms with Crippen LogP contribution in [0.1, 0.15) is 12.8 Å². The minimum absolute atomic E-state index is 0.388. The minimum Gasteiger partial charge on any atom is -0.414 e. The third kappa shape index (κ3) is 7.88. The van der Waals surface area contributed by atoms with Crippen LogP contribution < -0.4 is 22.6 Å². The van der Waals surface area contributed by atoms with Crippen LogP contribution in [0.5, 0.6) is 28.7 Å². The zero-order valence-electron chi connectivity index (χ0n) is 25.6. The first-order valence-electron chi connectivity index (χ1n) is 15.1. The zero-order valence-corrected chi connectivity index (χ0v) is 28.2. The van der Waals surface area contributed by atoms with Gasteiger partial charge in [-0.2, -0.15) is 0 Å². The van der Waals surface area contributed by atoms with E-state index in [2.05, 4.69) is 12.1 Å². The third-order valence-electron chi connectivity index (χ3n) is 6.59. The minimum atomic E-state index is -3.89. The summed E-state index contributed by atoms with van der Waals surface area (Å²) in [6, 6.07) is 47.7. The summed E-state index contributed by atoms with van der Waals surface area (Å²) in [5, 5.41) is 0. The molecule has 1 heterocycles. The molecule has 0 radical (unpaired) electrons. The average Bonchev–Trinajstić information content (AvgIpc) is 3.10. The number of para-hydroxylation sites is 4. The second-order valence-corrected chi connectivity index (χ2v) is 16.5. The number of hydrogen-bond acceptors (Lipinski definition) is 9. The Balaban J connectivity index is 1.54. The van der Waals surface area contributed by atoms with Crippen LogP contribution in [0, 0.1) is 12.1 Å². The fourth-order valence-corrected chi connectivity index (χ4v) is 13.6. The monoisotopic (exact) mass is 693 g/mol. The maximum atomic E-state index is 6.78. The molecule has 0 bridgehead atoms. The molecule has 12 heteroatoms. The summed E-state index contributed by atoms with van der Waals surface area (Å²) in [5.41, 5.74) is 0. The van der Waals surface area contributed by atoms with Gasteiger partial charge in [-0.1, -0.05) is 105 Å². The second-order valence-electron chi connectivity index (χ2n) is 10.3. The molecule has 0 spiro atoms. The van der Waals surface area contributed by atoms with Gasteiger partial charge < -0.3 is 27.1 Å². The van der Waals surface area contributed by atoms with E-state index in [9.17, 15) is 0 Å². The predicted molar refractivity (Wildman–Crippen MR) is 189 cm³/mol. The molecular formula is C36H30N3O6P3. The summed E-state index contributed by atoms with van der Waals surface area (Å²) in [6.07, 6.45) is 7.54. The molecule has 1 aliphatic carbocycles. The molecule has 0 aromatic heterocycles. The van der Waals surface area contributed by atoms with Gasteiger partial charge in [-0.25, -0.2) is 0 Å². The van der Waals surface area contributed by atoms with Crippen molar-refractivity contribution >= 4 is 23.0 Å². The summed E-state index contributed by atoms with van der Waals surface area (Å²) < 4.78 is 56.0. The first-order chi connectivity index (χ1) is 23.6. The molecule has 9 nitrogen and oxygen atoms in total. The Hall–Kier alpha value is -5.11. The highest BCUT2D eigenvalue weighted by Crippen LogP contribution is 2.79. The number of benzene rings is 4. The van der Waals surface area contributed by atoms with E-state index in [1.165, 1.54) is 0 Å². The fourth-order valence-electron chi connectivity index (χ4n) is 4.55. The van der Waals surface area contributed by atoms with Gasteiger partial charge in [0.2, 0.25) is 0 Å². The maximum absolute atomic E-state index is 6.78. The molecule has 0 saturated heterocycles.